The van der Waals surface area contributed by atoms with Crippen LogP contribution in [-0.4, -0.2) is 9.97 Å². The quantitative estimate of drug-likeness (QED) is 0.668. The van der Waals surface area contributed by atoms with Crippen LogP contribution in [0.3, 0.4) is 0 Å². The molecule has 0 radical (unpaired) electrons. The molecule has 86 valence electrons. The van der Waals surface area contributed by atoms with Gasteiger partial charge in [0, 0.05) is 23.3 Å². The van der Waals surface area contributed by atoms with E-state index in [2.05, 4.69) is 34.7 Å². The highest BCUT2D eigenvalue weighted by Crippen LogP contribution is 2.26. The number of hydrogen-bond donors (Lipinski definition) is 0. The highest BCUT2D eigenvalue weighted by atomic mass is 14.7. The second-order valence-corrected chi connectivity index (χ2v) is 4.06. The summed E-state index contributed by atoms with van der Waals surface area (Å²) in [5.74, 6) is 0. The van der Waals surface area contributed by atoms with Gasteiger partial charge in [-0.3, -0.25) is 4.98 Å². The van der Waals surface area contributed by atoms with Crippen molar-refractivity contribution >= 4 is 17.0 Å². The molecule has 0 fully saturated rings. The summed E-state index contributed by atoms with van der Waals surface area (Å²) in [6, 6.07) is 14.2. The molecule has 2 heteroatoms. The monoisotopic (exact) mass is 232 g/mol. The average molecular weight is 232 g/mol. The van der Waals surface area contributed by atoms with Gasteiger partial charge >= 0.3 is 0 Å². The summed E-state index contributed by atoms with van der Waals surface area (Å²) in [5.41, 5.74) is 4.08. The first-order valence-electron chi connectivity index (χ1n) is 5.81. The lowest BCUT2D eigenvalue weighted by molar-refractivity contribution is 1.31. The number of benzene rings is 1. The fraction of sp³-hybridized carbons (Fsp3) is 0. The maximum Gasteiger partial charge on any atom is 0.0740 e. The summed E-state index contributed by atoms with van der Waals surface area (Å²) >= 11 is 0. The van der Waals surface area contributed by atoms with Crippen molar-refractivity contribution in [1.82, 2.24) is 9.97 Å². The standard InChI is InChI=1S/C16H12N2/c1-2-15-14(12-6-4-3-5-7-12)10-13-11-17-9-8-16(13)18-15/h2-11H,1H2. The normalized spacial score (nSPS) is 10.4. The molecule has 0 unspecified atom stereocenters. The maximum absolute atomic E-state index is 4.61. The topological polar surface area (TPSA) is 25.8 Å². The zero-order chi connectivity index (χ0) is 12.4. The lowest BCUT2D eigenvalue weighted by atomic mass is 10.0. The Labute approximate surface area is 106 Å². The molecule has 3 rings (SSSR count). The minimum Gasteiger partial charge on any atom is -0.264 e. The molecule has 1 aromatic carbocycles. The Morgan fingerprint density at radius 2 is 1.89 bits per heavy atom. The van der Waals surface area contributed by atoms with Crippen LogP contribution in [0, 0.1) is 0 Å². The van der Waals surface area contributed by atoms with E-state index in [-0.39, 0.29) is 0 Å². The van der Waals surface area contributed by atoms with E-state index >= 15 is 0 Å². The van der Waals surface area contributed by atoms with Crippen LogP contribution in [0.5, 0.6) is 0 Å². The average Bonchev–Trinajstić information content (AvgIpc) is 2.46. The van der Waals surface area contributed by atoms with E-state index in [0.29, 0.717) is 0 Å². The summed E-state index contributed by atoms with van der Waals surface area (Å²) in [7, 11) is 0. The Bertz CT molecular complexity index is 703. The molecule has 0 amide bonds. The molecular formula is C16H12N2. The van der Waals surface area contributed by atoms with E-state index in [1.807, 2.05) is 30.5 Å². The van der Waals surface area contributed by atoms with Crippen molar-refractivity contribution in [3.05, 3.63) is 67.1 Å². The first kappa shape index (κ1) is 10.7. The van der Waals surface area contributed by atoms with E-state index in [1.165, 1.54) is 0 Å². The number of nitrogens with zero attached hydrogens (tertiary/aromatic N) is 2. The summed E-state index contributed by atoms with van der Waals surface area (Å²) in [6.07, 6.45) is 5.38. The first-order chi connectivity index (χ1) is 8.88. The molecule has 0 atom stereocenters. The lowest BCUT2D eigenvalue weighted by Crippen LogP contribution is -1.90. The third-order valence-electron chi connectivity index (χ3n) is 2.92. The Kier molecular flexibility index (Phi) is 2.61. The third-order valence-corrected chi connectivity index (χ3v) is 2.92. The van der Waals surface area contributed by atoms with Crippen LogP contribution < -0.4 is 0 Å². The second-order valence-electron chi connectivity index (χ2n) is 4.06. The van der Waals surface area contributed by atoms with Gasteiger partial charge in [-0.15, -0.1) is 0 Å². The van der Waals surface area contributed by atoms with Gasteiger partial charge < -0.3 is 0 Å². The van der Waals surface area contributed by atoms with Crippen LogP contribution in [0.1, 0.15) is 5.69 Å². The van der Waals surface area contributed by atoms with E-state index in [0.717, 1.165) is 27.7 Å². The predicted octanol–water partition coefficient (Wildman–Crippen LogP) is 3.94. The summed E-state index contributed by atoms with van der Waals surface area (Å²) in [5, 5.41) is 1.04. The predicted molar refractivity (Wildman–Crippen MR) is 75.1 cm³/mol. The molecular weight excluding hydrogens is 220 g/mol. The van der Waals surface area contributed by atoms with Crippen molar-refractivity contribution in [1.29, 1.82) is 0 Å². The van der Waals surface area contributed by atoms with Crippen LogP contribution >= 0.6 is 0 Å². The molecule has 0 aliphatic rings. The Hall–Kier alpha value is -2.48. The van der Waals surface area contributed by atoms with Gasteiger partial charge in [0.15, 0.2) is 0 Å². The molecule has 2 nitrogen and oxygen atoms in total. The first-order valence-corrected chi connectivity index (χ1v) is 5.81. The zero-order valence-electron chi connectivity index (χ0n) is 9.88. The van der Waals surface area contributed by atoms with Crippen LogP contribution in [0.2, 0.25) is 0 Å². The highest BCUT2D eigenvalue weighted by molar-refractivity contribution is 5.86. The van der Waals surface area contributed by atoms with Crippen LogP contribution in [0.25, 0.3) is 28.1 Å². The van der Waals surface area contributed by atoms with E-state index in [9.17, 15) is 0 Å². The van der Waals surface area contributed by atoms with Crippen molar-refractivity contribution < 1.29 is 0 Å². The fourth-order valence-electron chi connectivity index (χ4n) is 2.04. The van der Waals surface area contributed by atoms with Gasteiger partial charge in [-0.05, 0) is 23.8 Å². The van der Waals surface area contributed by atoms with Gasteiger partial charge in [-0.25, -0.2) is 4.98 Å². The number of rotatable bonds is 2. The third kappa shape index (κ3) is 1.78. The van der Waals surface area contributed by atoms with Gasteiger partial charge in [-0.2, -0.15) is 0 Å². The number of hydrogen-bond acceptors (Lipinski definition) is 2. The van der Waals surface area contributed by atoms with Gasteiger partial charge in [0.05, 0.1) is 11.2 Å². The molecule has 0 aliphatic heterocycles. The number of pyridine rings is 2. The summed E-state index contributed by atoms with van der Waals surface area (Å²) in [6.45, 7) is 3.85. The lowest BCUT2D eigenvalue weighted by Gasteiger charge is -2.07. The molecule has 0 saturated heterocycles. The van der Waals surface area contributed by atoms with Crippen molar-refractivity contribution in [2.45, 2.75) is 0 Å². The summed E-state index contributed by atoms with van der Waals surface area (Å²) in [4.78, 5) is 8.75. The number of aromatic nitrogens is 2. The fourth-order valence-corrected chi connectivity index (χ4v) is 2.04. The van der Waals surface area contributed by atoms with Crippen molar-refractivity contribution in [2.24, 2.45) is 0 Å². The highest BCUT2D eigenvalue weighted by Gasteiger charge is 2.06. The Morgan fingerprint density at radius 1 is 1.06 bits per heavy atom. The van der Waals surface area contributed by atoms with Crippen molar-refractivity contribution in [3.63, 3.8) is 0 Å². The van der Waals surface area contributed by atoms with Crippen molar-refractivity contribution in [3.8, 4) is 11.1 Å². The van der Waals surface area contributed by atoms with Crippen molar-refractivity contribution in [2.75, 3.05) is 0 Å². The molecule has 3 aromatic rings. The van der Waals surface area contributed by atoms with Gasteiger partial charge in [0.2, 0.25) is 0 Å². The minimum absolute atomic E-state index is 0.903. The molecule has 2 aromatic heterocycles. The molecule has 0 spiro atoms. The van der Waals surface area contributed by atoms with Crippen LogP contribution in [0.15, 0.2) is 61.4 Å². The van der Waals surface area contributed by atoms with Crippen LogP contribution in [0.4, 0.5) is 0 Å². The van der Waals surface area contributed by atoms with Gasteiger partial charge in [-0.1, -0.05) is 36.9 Å². The molecule has 0 saturated carbocycles. The van der Waals surface area contributed by atoms with E-state index in [4.69, 9.17) is 0 Å². The molecule has 18 heavy (non-hydrogen) atoms. The SMILES string of the molecule is C=Cc1nc2ccncc2cc1-c1ccccc1. The van der Waals surface area contributed by atoms with E-state index < -0.39 is 0 Å². The Morgan fingerprint density at radius 3 is 2.67 bits per heavy atom. The maximum atomic E-state index is 4.61. The van der Waals surface area contributed by atoms with E-state index in [1.54, 1.807) is 12.3 Å². The smallest absolute Gasteiger partial charge is 0.0740 e. The Balaban J connectivity index is 2.31. The van der Waals surface area contributed by atoms with Gasteiger partial charge in [0.25, 0.3) is 0 Å². The number of fused-ring (bicyclic) bond motifs is 1. The van der Waals surface area contributed by atoms with Crippen LogP contribution in [-0.2, 0) is 0 Å². The molecule has 2 heterocycles. The molecule has 0 aliphatic carbocycles. The second kappa shape index (κ2) is 4.41. The molecule has 0 bridgehead atoms. The largest absolute Gasteiger partial charge is 0.264 e. The summed E-state index contributed by atoms with van der Waals surface area (Å²) < 4.78 is 0. The minimum atomic E-state index is 0.903. The zero-order valence-corrected chi connectivity index (χ0v) is 9.88. The van der Waals surface area contributed by atoms with Gasteiger partial charge in [0.1, 0.15) is 0 Å². The molecule has 0 N–H and O–H groups in total.